The normalized spacial score (nSPS) is 19.1. The number of nitrogens with zero attached hydrogens (tertiary/aromatic N) is 3. The van der Waals surface area contributed by atoms with Crippen LogP contribution in [0.4, 0.5) is 4.79 Å². The number of hydrogen-bond acceptors (Lipinski definition) is 4. The first kappa shape index (κ1) is 30.4. The molecule has 4 rings (SSSR count). The fourth-order valence-electron chi connectivity index (χ4n) is 6.36. The Kier molecular flexibility index (Phi) is 10.6. The van der Waals surface area contributed by atoms with E-state index >= 15 is 0 Å². The van der Waals surface area contributed by atoms with Gasteiger partial charge in [-0.15, -0.1) is 0 Å². The van der Waals surface area contributed by atoms with Crippen molar-refractivity contribution in [2.75, 3.05) is 26.2 Å². The summed E-state index contributed by atoms with van der Waals surface area (Å²) >= 11 is 0. The Morgan fingerprint density at radius 3 is 2.44 bits per heavy atom. The van der Waals surface area contributed by atoms with Crippen molar-refractivity contribution in [3.63, 3.8) is 0 Å². The zero-order valence-corrected chi connectivity index (χ0v) is 25.3. The van der Waals surface area contributed by atoms with Gasteiger partial charge in [-0.2, -0.15) is 0 Å². The van der Waals surface area contributed by atoms with E-state index in [-0.39, 0.29) is 6.03 Å². The second-order valence-electron chi connectivity index (χ2n) is 11.6. The SMILES string of the molecule is C/C=C(/C1CCCN(C(=O)N/C(=C(/C)C(N)=O)c2ccc(C)nc2CCC)C1)N1CCC(Cc2ccccc2)CC1. The number of likely N-dealkylation sites (tertiary alicyclic amines) is 2. The Labute approximate surface area is 245 Å². The Morgan fingerprint density at radius 2 is 1.78 bits per heavy atom. The van der Waals surface area contributed by atoms with Gasteiger partial charge in [0.15, 0.2) is 0 Å². The summed E-state index contributed by atoms with van der Waals surface area (Å²) in [6.45, 7) is 11.3. The molecule has 1 atom stereocenters. The first-order valence-corrected chi connectivity index (χ1v) is 15.3. The summed E-state index contributed by atoms with van der Waals surface area (Å²) < 4.78 is 0. The van der Waals surface area contributed by atoms with Gasteiger partial charge in [0.1, 0.15) is 0 Å². The molecule has 3 heterocycles. The van der Waals surface area contributed by atoms with Gasteiger partial charge in [-0.1, -0.05) is 49.8 Å². The number of primary amides is 1. The molecule has 2 aliphatic heterocycles. The van der Waals surface area contributed by atoms with Crippen molar-refractivity contribution in [3.05, 3.63) is 82.3 Å². The monoisotopic (exact) mass is 557 g/mol. The van der Waals surface area contributed by atoms with Crippen LogP contribution in [0.2, 0.25) is 0 Å². The molecule has 1 aromatic carbocycles. The number of carbonyl (C=O) groups is 2. The Balaban J connectivity index is 1.43. The van der Waals surface area contributed by atoms with Crippen LogP contribution in [-0.2, 0) is 17.6 Å². The molecule has 2 aromatic rings. The zero-order chi connectivity index (χ0) is 29.4. The third kappa shape index (κ3) is 7.78. The van der Waals surface area contributed by atoms with Crippen molar-refractivity contribution in [1.29, 1.82) is 0 Å². The summed E-state index contributed by atoms with van der Waals surface area (Å²) in [4.78, 5) is 35.1. The van der Waals surface area contributed by atoms with E-state index in [1.807, 2.05) is 24.0 Å². The molecule has 0 radical (unpaired) electrons. The zero-order valence-electron chi connectivity index (χ0n) is 25.3. The molecule has 0 saturated carbocycles. The lowest BCUT2D eigenvalue weighted by Gasteiger charge is -2.41. The summed E-state index contributed by atoms with van der Waals surface area (Å²) in [7, 11) is 0. The maximum Gasteiger partial charge on any atom is 0.321 e. The first-order chi connectivity index (χ1) is 19.8. The molecule has 2 aliphatic rings. The summed E-state index contributed by atoms with van der Waals surface area (Å²) in [6.07, 6.45) is 9.45. The van der Waals surface area contributed by atoms with E-state index in [0.29, 0.717) is 36.2 Å². The van der Waals surface area contributed by atoms with Crippen molar-refractivity contribution in [2.24, 2.45) is 17.6 Å². The highest BCUT2D eigenvalue weighted by Crippen LogP contribution is 2.31. The lowest BCUT2D eigenvalue weighted by molar-refractivity contribution is -0.114. The van der Waals surface area contributed by atoms with Crippen molar-refractivity contribution in [3.8, 4) is 0 Å². The van der Waals surface area contributed by atoms with Crippen LogP contribution in [0.25, 0.3) is 5.70 Å². The topological polar surface area (TPSA) is 91.6 Å². The number of aromatic nitrogens is 1. The van der Waals surface area contributed by atoms with Crippen LogP contribution in [0.15, 0.2) is 59.8 Å². The Hall–Kier alpha value is -3.61. The number of nitrogens with one attached hydrogen (secondary N) is 1. The average Bonchev–Trinajstić information content (AvgIpc) is 2.98. The number of benzene rings is 1. The standard InChI is InChI=1S/C34H47N5O2/c1-5-11-30-29(16-15-24(3)36-30)32(25(4)33(35)40)37-34(41)39-19-10-14-28(23-39)31(6-2)38-20-17-27(18-21-38)22-26-12-8-7-9-13-26/h6-9,12-13,15-16,27-28H,5,10-11,14,17-23H2,1-4H3,(H2,35,40)(H,37,41)/b31-6-,32-25-. The van der Waals surface area contributed by atoms with E-state index in [4.69, 9.17) is 10.7 Å². The number of allylic oxidation sites excluding steroid dienone is 1. The van der Waals surface area contributed by atoms with Gasteiger partial charge in [0.2, 0.25) is 5.91 Å². The summed E-state index contributed by atoms with van der Waals surface area (Å²) in [5.41, 5.74) is 11.8. The lowest BCUT2D eigenvalue weighted by atomic mass is 9.88. The summed E-state index contributed by atoms with van der Waals surface area (Å²) in [5.74, 6) is 0.464. The number of pyridine rings is 1. The quantitative estimate of drug-likeness (QED) is 0.379. The Morgan fingerprint density at radius 1 is 1.05 bits per heavy atom. The molecule has 1 aromatic heterocycles. The van der Waals surface area contributed by atoms with Gasteiger partial charge >= 0.3 is 6.03 Å². The second-order valence-corrected chi connectivity index (χ2v) is 11.6. The van der Waals surface area contributed by atoms with Crippen LogP contribution in [0.1, 0.15) is 75.4 Å². The number of nitrogens with two attached hydrogens (primary N) is 1. The molecular formula is C34H47N5O2. The number of aryl methyl sites for hydroxylation is 2. The second kappa shape index (κ2) is 14.3. The van der Waals surface area contributed by atoms with E-state index in [1.165, 1.54) is 24.1 Å². The minimum absolute atomic E-state index is 0.189. The number of urea groups is 1. The molecule has 0 spiro atoms. The fourth-order valence-corrected chi connectivity index (χ4v) is 6.36. The predicted octanol–water partition coefficient (Wildman–Crippen LogP) is 5.84. The predicted molar refractivity (Wildman–Crippen MR) is 166 cm³/mol. The van der Waals surface area contributed by atoms with Crippen LogP contribution in [0.3, 0.4) is 0 Å². The smallest absolute Gasteiger partial charge is 0.321 e. The average molecular weight is 558 g/mol. The molecule has 0 aliphatic carbocycles. The van der Waals surface area contributed by atoms with Crippen LogP contribution in [0.5, 0.6) is 0 Å². The van der Waals surface area contributed by atoms with E-state index < -0.39 is 5.91 Å². The molecule has 41 heavy (non-hydrogen) atoms. The molecule has 3 amide bonds. The van der Waals surface area contributed by atoms with Crippen LogP contribution < -0.4 is 11.1 Å². The van der Waals surface area contributed by atoms with Crippen LogP contribution in [0, 0.1) is 18.8 Å². The van der Waals surface area contributed by atoms with Gasteiger partial charge in [0.25, 0.3) is 0 Å². The fraction of sp³-hybridized carbons (Fsp3) is 0.500. The first-order valence-electron chi connectivity index (χ1n) is 15.3. The van der Waals surface area contributed by atoms with Crippen LogP contribution >= 0.6 is 0 Å². The third-order valence-electron chi connectivity index (χ3n) is 8.62. The number of rotatable bonds is 9. The molecule has 7 heteroatoms. The molecular weight excluding hydrogens is 510 g/mol. The van der Waals surface area contributed by atoms with Gasteiger partial charge < -0.3 is 20.9 Å². The molecule has 7 nitrogen and oxygen atoms in total. The van der Waals surface area contributed by atoms with Crippen molar-refractivity contribution in [1.82, 2.24) is 20.1 Å². The third-order valence-corrected chi connectivity index (χ3v) is 8.62. The van der Waals surface area contributed by atoms with E-state index in [0.717, 1.165) is 62.1 Å². The van der Waals surface area contributed by atoms with Crippen molar-refractivity contribution < 1.29 is 9.59 Å². The number of amides is 3. The summed E-state index contributed by atoms with van der Waals surface area (Å²) in [5, 5.41) is 3.08. The van der Waals surface area contributed by atoms with Gasteiger partial charge in [-0.3, -0.25) is 9.78 Å². The minimum atomic E-state index is -0.549. The summed E-state index contributed by atoms with van der Waals surface area (Å²) in [6, 6.07) is 14.5. The molecule has 2 saturated heterocycles. The molecule has 3 N–H and O–H groups in total. The van der Waals surface area contributed by atoms with Gasteiger partial charge in [0.05, 0.1) is 5.70 Å². The minimum Gasteiger partial charge on any atom is -0.375 e. The van der Waals surface area contributed by atoms with Crippen molar-refractivity contribution >= 4 is 17.6 Å². The highest BCUT2D eigenvalue weighted by atomic mass is 16.2. The van der Waals surface area contributed by atoms with E-state index in [2.05, 4.69) is 60.5 Å². The molecule has 0 bridgehead atoms. The largest absolute Gasteiger partial charge is 0.375 e. The van der Waals surface area contributed by atoms with Gasteiger partial charge in [0, 0.05) is 60.3 Å². The van der Waals surface area contributed by atoms with E-state index in [1.54, 1.807) is 6.92 Å². The maximum atomic E-state index is 13.7. The maximum absolute atomic E-state index is 13.7. The number of piperidine rings is 2. The van der Waals surface area contributed by atoms with Crippen molar-refractivity contribution in [2.45, 2.75) is 72.6 Å². The molecule has 1 unspecified atom stereocenters. The Bertz CT molecular complexity index is 1260. The lowest BCUT2D eigenvalue weighted by Crippen LogP contribution is -2.47. The van der Waals surface area contributed by atoms with Crippen LogP contribution in [-0.4, -0.2) is 52.9 Å². The molecule has 2 fully saturated rings. The number of hydrogen-bond donors (Lipinski definition) is 2. The van der Waals surface area contributed by atoms with Gasteiger partial charge in [-0.25, -0.2) is 4.79 Å². The highest BCUT2D eigenvalue weighted by molar-refractivity contribution is 6.02. The van der Waals surface area contributed by atoms with Gasteiger partial charge in [-0.05, 0) is 82.9 Å². The highest BCUT2D eigenvalue weighted by Gasteiger charge is 2.31. The van der Waals surface area contributed by atoms with E-state index in [9.17, 15) is 9.59 Å². The molecule has 220 valence electrons. The number of carbonyl (C=O) groups excluding carboxylic acids is 2.